The van der Waals surface area contributed by atoms with Gasteiger partial charge in [-0.15, -0.1) is 0 Å². The van der Waals surface area contributed by atoms with E-state index in [0.29, 0.717) is 11.3 Å². The molecule has 0 aliphatic rings. The molecule has 2 heterocycles. The summed E-state index contributed by atoms with van der Waals surface area (Å²) in [5, 5.41) is 0.208. The van der Waals surface area contributed by atoms with E-state index < -0.39 is 5.82 Å². The fourth-order valence-corrected chi connectivity index (χ4v) is 2.53. The Morgan fingerprint density at radius 1 is 1.33 bits per heavy atom. The van der Waals surface area contributed by atoms with Gasteiger partial charge in [-0.1, -0.05) is 13.0 Å². The number of hydrogen-bond donors (Lipinski definition) is 3. The van der Waals surface area contributed by atoms with Gasteiger partial charge in [-0.25, -0.2) is 9.37 Å². The topological polar surface area (TPSA) is 87.6 Å². The van der Waals surface area contributed by atoms with Crippen LogP contribution in [0.3, 0.4) is 0 Å². The summed E-state index contributed by atoms with van der Waals surface area (Å²) in [7, 11) is 0. The van der Waals surface area contributed by atoms with Gasteiger partial charge in [0.15, 0.2) is 0 Å². The molecule has 0 unspecified atom stereocenters. The third-order valence-electron chi connectivity index (χ3n) is 3.58. The molecule has 0 saturated heterocycles. The zero-order chi connectivity index (χ0) is 15.1. The molecule has 0 aliphatic heterocycles. The van der Waals surface area contributed by atoms with Crippen LogP contribution in [0.25, 0.3) is 22.3 Å². The second kappa shape index (κ2) is 4.73. The van der Waals surface area contributed by atoms with Crippen LogP contribution in [0.4, 0.5) is 10.1 Å². The van der Waals surface area contributed by atoms with Crippen LogP contribution >= 0.6 is 0 Å². The van der Waals surface area contributed by atoms with Crippen LogP contribution < -0.4 is 11.3 Å². The second-order valence-electron chi connectivity index (χ2n) is 4.92. The Hall–Kier alpha value is -2.63. The lowest BCUT2D eigenvalue weighted by atomic mass is 10.1. The Balaban J connectivity index is 2.37. The number of nitrogens with one attached hydrogen (secondary N) is 2. The number of fused-ring (bicyclic) bond motifs is 1. The molecule has 1 aromatic carbocycles. The Labute approximate surface area is 120 Å². The standard InChI is InChI=1S/C15H15FN4O/c1-3-9-7(2)18-14(19-9)12-13(17)11-8(16)5-4-6-10(11)20-15(12)21/h4-6H,3H2,1-2H3,(H,18,19)(H3,17,20,21). The van der Waals surface area contributed by atoms with Gasteiger partial charge in [0, 0.05) is 5.69 Å². The highest BCUT2D eigenvalue weighted by Gasteiger charge is 2.18. The monoisotopic (exact) mass is 286 g/mol. The maximum atomic E-state index is 14.0. The van der Waals surface area contributed by atoms with Crippen molar-refractivity contribution in [2.24, 2.45) is 0 Å². The Morgan fingerprint density at radius 3 is 2.76 bits per heavy atom. The molecular formula is C15H15FN4O. The lowest BCUT2D eigenvalue weighted by Crippen LogP contribution is -2.13. The van der Waals surface area contributed by atoms with E-state index in [0.717, 1.165) is 17.8 Å². The largest absolute Gasteiger partial charge is 0.397 e. The van der Waals surface area contributed by atoms with E-state index in [-0.39, 0.29) is 22.2 Å². The van der Waals surface area contributed by atoms with Gasteiger partial charge in [0.2, 0.25) is 0 Å². The molecule has 0 bridgehead atoms. The van der Waals surface area contributed by atoms with E-state index in [2.05, 4.69) is 15.0 Å². The Bertz CT molecular complexity index is 895. The molecule has 0 atom stereocenters. The minimum atomic E-state index is -0.471. The highest BCUT2D eigenvalue weighted by Crippen LogP contribution is 2.29. The molecule has 2 aromatic heterocycles. The number of anilines is 1. The summed E-state index contributed by atoms with van der Waals surface area (Å²) in [5.41, 5.74) is 8.03. The third-order valence-corrected chi connectivity index (χ3v) is 3.58. The first kappa shape index (κ1) is 13.4. The van der Waals surface area contributed by atoms with Gasteiger partial charge in [0.05, 0.1) is 22.3 Å². The number of imidazole rings is 1. The number of pyridine rings is 1. The number of benzene rings is 1. The van der Waals surface area contributed by atoms with Crippen molar-refractivity contribution in [3.8, 4) is 11.4 Å². The number of nitrogen functional groups attached to an aromatic ring is 1. The average Bonchev–Trinajstić information content (AvgIpc) is 2.79. The molecule has 0 saturated carbocycles. The van der Waals surface area contributed by atoms with Gasteiger partial charge in [0.25, 0.3) is 5.56 Å². The molecule has 0 spiro atoms. The van der Waals surface area contributed by atoms with Crippen LogP contribution in [0.5, 0.6) is 0 Å². The predicted octanol–water partition coefficient (Wildman–Crippen LogP) is 2.51. The fourth-order valence-electron chi connectivity index (χ4n) is 2.53. The molecule has 3 aromatic rings. The first-order valence-electron chi connectivity index (χ1n) is 6.68. The molecule has 21 heavy (non-hydrogen) atoms. The van der Waals surface area contributed by atoms with Crippen LogP contribution in [-0.4, -0.2) is 15.0 Å². The van der Waals surface area contributed by atoms with Crippen molar-refractivity contribution < 1.29 is 4.39 Å². The van der Waals surface area contributed by atoms with Gasteiger partial charge in [-0.2, -0.15) is 0 Å². The Kier molecular flexibility index (Phi) is 3.01. The van der Waals surface area contributed by atoms with E-state index >= 15 is 0 Å². The normalized spacial score (nSPS) is 11.2. The van der Waals surface area contributed by atoms with Gasteiger partial charge in [0.1, 0.15) is 17.2 Å². The van der Waals surface area contributed by atoms with Crippen molar-refractivity contribution >= 4 is 16.6 Å². The Morgan fingerprint density at radius 2 is 2.10 bits per heavy atom. The van der Waals surface area contributed by atoms with Gasteiger partial charge < -0.3 is 15.7 Å². The molecular weight excluding hydrogens is 271 g/mol. The van der Waals surface area contributed by atoms with Gasteiger partial charge in [-0.3, -0.25) is 4.79 Å². The molecule has 3 rings (SSSR count). The van der Waals surface area contributed by atoms with E-state index in [9.17, 15) is 9.18 Å². The summed E-state index contributed by atoms with van der Waals surface area (Å²) in [5.74, 6) is -0.102. The smallest absolute Gasteiger partial charge is 0.261 e. The SMILES string of the molecule is CCc1nc(-c2c(N)c3c(F)cccc3[nH]c2=O)[nH]c1C. The van der Waals surface area contributed by atoms with Crippen molar-refractivity contribution in [2.45, 2.75) is 20.3 Å². The quantitative estimate of drug-likeness (QED) is 0.676. The lowest BCUT2D eigenvalue weighted by Gasteiger charge is -2.07. The number of H-pyrrole nitrogens is 2. The van der Waals surface area contributed by atoms with Gasteiger partial charge in [-0.05, 0) is 25.5 Å². The molecule has 4 N–H and O–H groups in total. The number of nitrogens with two attached hydrogens (primary N) is 1. The number of aryl methyl sites for hydroxylation is 2. The van der Waals surface area contributed by atoms with E-state index in [1.165, 1.54) is 12.1 Å². The summed E-state index contributed by atoms with van der Waals surface area (Å²) < 4.78 is 14.0. The summed E-state index contributed by atoms with van der Waals surface area (Å²) in [4.78, 5) is 22.3. The predicted molar refractivity (Wildman–Crippen MR) is 80.6 cm³/mol. The zero-order valence-electron chi connectivity index (χ0n) is 11.7. The highest BCUT2D eigenvalue weighted by molar-refractivity contribution is 5.97. The van der Waals surface area contributed by atoms with Crippen LogP contribution in [0, 0.1) is 12.7 Å². The van der Waals surface area contributed by atoms with Crippen molar-refractivity contribution in [2.75, 3.05) is 5.73 Å². The first-order chi connectivity index (χ1) is 10.0. The number of aromatic nitrogens is 3. The molecule has 0 radical (unpaired) electrons. The molecule has 5 nitrogen and oxygen atoms in total. The van der Waals surface area contributed by atoms with Gasteiger partial charge >= 0.3 is 0 Å². The summed E-state index contributed by atoms with van der Waals surface area (Å²) in [6, 6.07) is 4.45. The van der Waals surface area contributed by atoms with Crippen molar-refractivity contribution in [1.82, 2.24) is 15.0 Å². The first-order valence-corrected chi connectivity index (χ1v) is 6.68. The molecule has 0 amide bonds. The summed E-state index contributed by atoms with van der Waals surface area (Å²) in [6.07, 6.45) is 0.738. The third kappa shape index (κ3) is 1.99. The number of hydrogen-bond acceptors (Lipinski definition) is 3. The highest BCUT2D eigenvalue weighted by atomic mass is 19.1. The number of nitrogens with zero attached hydrogens (tertiary/aromatic N) is 1. The van der Waals surface area contributed by atoms with Crippen LogP contribution in [-0.2, 0) is 6.42 Å². The lowest BCUT2D eigenvalue weighted by molar-refractivity contribution is 0.640. The number of halogens is 1. The summed E-state index contributed by atoms with van der Waals surface area (Å²) >= 11 is 0. The minimum absolute atomic E-state index is 0.100. The van der Waals surface area contributed by atoms with Crippen LogP contribution in [0.1, 0.15) is 18.3 Å². The molecule has 0 fully saturated rings. The zero-order valence-corrected chi connectivity index (χ0v) is 11.7. The maximum absolute atomic E-state index is 14.0. The van der Waals surface area contributed by atoms with E-state index in [4.69, 9.17) is 5.73 Å². The fraction of sp³-hybridized carbons (Fsp3) is 0.200. The molecule has 108 valence electrons. The van der Waals surface area contributed by atoms with Crippen LogP contribution in [0.15, 0.2) is 23.0 Å². The van der Waals surface area contributed by atoms with Crippen molar-refractivity contribution in [3.63, 3.8) is 0 Å². The number of aromatic amines is 2. The summed E-state index contributed by atoms with van der Waals surface area (Å²) in [6.45, 7) is 3.85. The van der Waals surface area contributed by atoms with Crippen molar-refractivity contribution in [3.05, 3.63) is 45.8 Å². The molecule has 6 heteroatoms. The maximum Gasteiger partial charge on any atom is 0.261 e. The second-order valence-corrected chi connectivity index (χ2v) is 4.92. The van der Waals surface area contributed by atoms with E-state index in [1.807, 2.05) is 13.8 Å². The van der Waals surface area contributed by atoms with Crippen LogP contribution in [0.2, 0.25) is 0 Å². The van der Waals surface area contributed by atoms with E-state index in [1.54, 1.807) is 6.07 Å². The average molecular weight is 286 g/mol. The minimum Gasteiger partial charge on any atom is -0.397 e. The molecule has 0 aliphatic carbocycles. The number of rotatable bonds is 2. The van der Waals surface area contributed by atoms with Crippen molar-refractivity contribution in [1.29, 1.82) is 0 Å².